The number of rotatable bonds is 10. The maximum Gasteiger partial charge on any atom is 0.303 e. The summed E-state index contributed by atoms with van der Waals surface area (Å²) in [6, 6.07) is 10.3. The van der Waals surface area contributed by atoms with Crippen molar-refractivity contribution < 1.29 is 15.0 Å². The molecule has 1 unspecified atom stereocenters. The lowest BCUT2D eigenvalue weighted by molar-refractivity contribution is -0.137. The summed E-state index contributed by atoms with van der Waals surface area (Å²) in [5.74, 6) is -0.384. The third-order valence-corrected chi connectivity index (χ3v) is 3.74. The van der Waals surface area contributed by atoms with Crippen molar-refractivity contribution in [3.05, 3.63) is 35.9 Å². The van der Waals surface area contributed by atoms with Crippen molar-refractivity contribution in [2.24, 2.45) is 5.92 Å². The maximum atomic E-state index is 10.6. The van der Waals surface area contributed by atoms with E-state index in [9.17, 15) is 9.90 Å². The molecule has 4 heteroatoms. The second-order valence-electron chi connectivity index (χ2n) is 5.80. The number of nitrogens with zero attached hydrogens (tertiary/aromatic N) is 1. The quantitative estimate of drug-likeness (QED) is 0.651. The smallest absolute Gasteiger partial charge is 0.303 e. The average Bonchev–Trinajstić information content (AvgIpc) is 2.44. The van der Waals surface area contributed by atoms with Crippen molar-refractivity contribution in [3.63, 3.8) is 0 Å². The number of unbranched alkanes of at least 4 members (excludes halogenated alkanes) is 1. The summed E-state index contributed by atoms with van der Waals surface area (Å²) in [6.07, 6.45) is 1.73. The van der Waals surface area contributed by atoms with E-state index in [-0.39, 0.29) is 19.1 Å². The van der Waals surface area contributed by atoms with E-state index in [1.807, 2.05) is 18.2 Å². The first-order valence-corrected chi connectivity index (χ1v) is 7.65. The maximum absolute atomic E-state index is 10.6. The molecule has 0 saturated carbocycles. The highest BCUT2D eigenvalue weighted by atomic mass is 16.4. The fourth-order valence-corrected chi connectivity index (χ4v) is 2.52. The highest BCUT2D eigenvalue weighted by Gasteiger charge is 2.21. The second kappa shape index (κ2) is 9.53. The number of benzene rings is 1. The van der Waals surface area contributed by atoms with Crippen LogP contribution in [-0.2, 0) is 11.3 Å². The first kappa shape index (κ1) is 17.7. The largest absolute Gasteiger partial charge is 0.481 e. The summed E-state index contributed by atoms with van der Waals surface area (Å²) < 4.78 is 0. The van der Waals surface area contributed by atoms with Gasteiger partial charge in [-0.05, 0) is 30.9 Å². The SMILES string of the molecule is CC(C)C(CO)N(CCCCC(=O)O)Cc1ccccc1. The predicted molar refractivity (Wildman–Crippen MR) is 84.1 cm³/mol. The molecule has 0 aliphatic carbocycles. The standard InChI is InChI=1S/C17H27NO3/c1-14(2)16(13-19)18(11-7-6-10-17(20)21)12-15-8-4-3-5-9-15/h3-5,8-9,14,16,19H,6-7,10-13H2,1-2H3,(H,20,21). The Balaban J connectivity index is 2.63. The number of hydrogen-bond acceptors (Lipinski definition) is 3. The molecule has 0 aliphatic rings. The summed E-state index contributed by atoms with van der Waals surface area (Å²) >= 11 is 0. The molecule has 1 atom stereocenters. The van der Waals surface area contributed by atoms with Crippen LogP contribution in [-0.4, -0.2) is 40.3 Å². The van der Waals surface area contributed by atoms with Gasteiger partial charge in [0.25, 0.3) is 0 Å². The van der Waals surface area contributed by atoms with Gasteiger partial charge in [-0.15, -0.1) is 0 Å². The Morgan fingerprint density at radius 1 is 1.19 bits per heavy atom. The van der Waals surface area contributed by atoms with E-state index in [0.29, 0.717) is 12.3 Å². The lowest BCUT2D eigenvalue weighted by atomic mass is 10.0. The molecule has 1 rings (SSSR count). The molecule has 0 aromatic heterocycles. The van der Waals surface area contributed by atoms with Crippen molar-refractivity contribution in [1.82, 2.24) is 4.90 Å². The minimum atomic E-state index is -0.743. The van der Waals surface area contributed by atoms with E-state index in [1.165, 1.54) is 5.56 Å². The molecule has 0 spiro atoms. The van der Waals surface area contributed by atoms with Gasteiger partial charge in [0, 0.05) is 19.0 Å². The second-order valence-corrected chi connectivity index (χ2v) is 5.80. The Morgan fingerprint density at radius 2 is 1.86 bits per heavy atom. The molecule has 1 aromatic rings. The van der Waals surface area contributed by atoms with Crippen LogP contribution in [0.15, 0.2) is 30.3 Å². The highest BCUT2D eigenvalue weighted by Crippen LogP contribution is 2.16. The number of hydrogen-bond donors (Lipinski definition) is 2. The Bertz CT molecular complexity index is 406. The van der Waals surface area contributed by atoms with Crippen molar-refractivity contribution >= 4 is 5.97 Å². The summed E-state index contributed by atoms with van der Waals surface area (Å²) in [4.78, 5) is 12.8. The molecule has 1 aromatic carbocycles. The Kier molecular flexibility index (Phi) is 8.01. The van der Waals surface area contributed by atoms with Gasteiger partial charge in [0.2, 0.25) is 0 Å². The topological polar surface area (TPSA) is 60.8 Å². The minimum absolute atomic E-state index is 0.107. The third kappa shape index (κ3) is 6.74. The first-order chi connectivity index (χ1) is 10.0. The zero-order valence-corrected chi connectivity index (χ0v) is 13.0. The van der Waals surface area contributed by atoms with Gasteiger partial charge < -0.3 is 10.2 Å². The van der Waals surface area contributed by atoms with E-state index in [2.05, 4.69) is 30.9 Å². The molecule has 0 radical (unpaired) electrons. The molecule has 21 heavy (non-hydrogen) atoms. The average molecular weight is 293 g/mol. The first-order valence-electron chi connectivity index (χ1n) is 7.65. The molecule has 0 saturated heterocycles. The van der Waals surface area contributed by atoms with Crippen molar-refractivity contribution in [1.29, 1.82) is 0 Å². The van der Waals surface area contributed by atoms with Crippen LogP contribution in [0.4, 0.5) is 0 Å². The fourth-order valence-electron chi connectivity index (χ4n) is 2.52. The molecule has 118 valence electrons. The molecular formula is C17H27NO3. The van der Waals surface area contributed by atoms with Gasteiger partial charge >= 0.3 is 5.97 Å². The number of carboxylic acid groups (broad SMARTS) is 1. The number of aliphatic hydroxyl groups is 1. The van der Waals surface area contributed by atoms with Gasteiger partial charge in [0.15, 0.2) is 0 Å². The number of aliphatic hydroxyl groups excluding tert-OH is 1. The van der Waals surface area contributed by atoms with E-state index in [1.54, 1.807) is 0 Å². The molecule has 0 fully saturated rings. The molecule has 0 aliphatic heterocycles. The molecule has 0 bridgehead atoms. The van der Waals surface area contributed by atoms with Crippen LogP contribution < -0.4 is 0 Å². The normalized spacial score (nSPS) is 12.8. The monoisotopic (exact) mass is 293 g/mol. The number of carboxylic acids is 1. The summed E-state index contributed by atoms with van der Waals surface area (Å²) in [7, 11) is 0. The summed E-state index contributed by atoms with van der Waals surface area (Å²) in [6.45, 7) is 5.94. The van der Waals surface area contributed by atoms with Crippen LogP contribution in [0.3, 0.4) is 0 Å². The fraction of sp³-hybridized carbons (Fsp3) is 0.588. The number of aliphatic carboxylic acids is 1. The van der Waals surface area contributed by atoms with Gasteiger partial charge in [-0.1, -0.05) is 44.2 Å². The zero-order valence-electron chi connectivity index (χ0n) is 13.0. The van der Waals surface area contributed by atoms with E-state index in [4.69, 9.17) is 5.11 Å². The van der Waals surface area contributed by atoms with E-state index < -0.39 is 5.97 Å². The highest BCUT2D eigenvalue weighted by molar-refractivity contribution is 5.66. The van der Waals surface area contributed by atoms with Gasteiger partial charge in [-0.25, -0.2) is 0 Å². The minimum Gasteiger partial charge on any atom is -0.481 e. The van der Waals surface area contributed by atoms with E-state index >= 15 is 0 Å². The van der Waals surface area contributed by atoms with Crippen molar-refractivity contribution in [3.8, 4) is 0 Å². The van der Waals surface area contributed by atoms with Crippen LogP contribution in [0.2, 0.25) is 0 Å². The van der Waals surface area contributed by atoms with Crippen LogP contribution in [0.1, 0.15) is 38.7 Å². The summed E-state index contributed by atoms with van der Waals surface area (Å²) in [5.41, 5.74) is 1.22. The van der Waals surface area contributed by atoms with Gasteiger partial charge in [0.1, 0.15) is 0 Å². The number of carbonyl (C=O) groups is 1. The van der Waals surface area contributed by atoms with Gasteiger partial charge in [-0.2, -0.15) is 0 Å². The van der Waals surface area contributed by atoms with Crippen LogP contribution in [0, 0.1) is 5.92 Å². The lowest BCUT2D eigenvalue weighted by Crippen LogP contribution is -2.41. The third-order valence-electron chi connectivity index (χ3n) is 3.74. The van der Waals surface area contributed by atoms with Gasteiger partial charge in [-0.3, -0.25) is 9.69 Å². The predicted octanol–water partition coefficient (Wildman–Crippen LogP) is 2.76. The van der Waals surface area contributed by atoms with Crippen LogP contribution >= 0.6 is 0 Å². The zero-order chi connectivity index (χ0) is 15.7. The van der Waals surface area contributed by atoms with Gasteiger partial charge in [0.05, 0.1) is 6.61 Å². The Labute approximate surface area is 127 Å². The summed E-state index contributed by atoms with van der Waals surface area (Å²) in [5, 5.41) is 18.4. The lowest BCUT2D eigenvalue weighted by Gasteiger charge is -2.33. The van der Waals surface area contributed by atoms with E-state index in [0.717, 1.165) is 19.5 Å². The van der Waals surface area contributed by atoms with Crippen LogP contribution in [0.25, 0.3) is 0 Å². The van der Waals surface area contributed by atoms with Crippen molar-refractivity contribution in [2.75, 3.05) is 13.2 Å². The molecule has 4 nitrogen and oxygen atoms in total. The molecule has 0 amide bonds. The van der Waals surface area contributed by atoms with Crippen molar-refractivity contribution in [2.45, 2.75) is 45.7 Å². The Hall–Kier alpha value is -1.39. The molecule has 0 heterocycles. The molecular weight excluding hydrogens is 266 g/mol. The Morgan fingerprint density at radius 3 is 2.38 bits per heavy atom. The van der Waals surface area contributed by atoms with Crippen LogP contribution in [0.5, 0.6) is 0 Å². The molecule has 2 N–H and O–H groups in total.